The molecule has 4 saturated carbocycles. The fraction of sp³-hybridized carbons (Fsp3) is 0.571. The van der Waals surface area contributed by atoms with Gasteiger partial charge in [0.25, 0.3) is 0 Å². The molecule has 0 heterocycles. The molecule has 0 N–H and O–H groups in total. The fourth-order valence-electron chi connectivity index (χ4n) is 5.74. The third-order valence-electron chi connectivity index (χ3n) is 6.25. The highest BCUT2D eigenvalue weighted by atomic mass is 16.5. The van der Waals surface area contributed by atoms with Crippen molar-refractivity contribution >= 4 is 12.0 Å². The fourth-order valence-corrected chi connectivity index (χ4v) is 5.74. The van der Waals surface area contributed by atoms with E-state index in [1.807, 2.05) is 36.4 Å². The number of ether oxygens (including phenoxy) is 1. The smallest absolute Gasteiger partial charge is 0.330 e. The van der Waals surface area contributed by atoms with Crippen molar-refractivity contribution in [3.05, 3.63) is 42.0 Å². The van der Waals surface area contributed by atoms with Gasteiger partial charge in [0.2, 0.25) is 0 Å². The van der Waals surface area contributed by atoms with Gasteiger partial charge in [-0.3, -0.25) is 0 Å². The molecule has 23 heavy (non-hydrogen) atoms. The van der Waals surface area contributed by atoms with E-state index in [0.29, 0.717) is 12.0 Å². The largest absolute Gasteiger partial charge is 0.463 e. The molecule has 4 bridgehead atoms. The monoisotopic (exact) mass is 310 g/mol. The second-order valence-corrected chi connectivity index (χ2v) is 8.08. The van der Waals surface area contributed by atoms with Crippen molar-refractivity contribution in [3.63, 3.8) is 0 Å². The van der Waals surface area contributed by atoms with Crippen LogP contribution < -0.4 is 0 Å². The Labute approximate surface area is 138 Å². The molecular weight excluding hydrogens is 284 g/mol. The van der Waals surface area contributed by atoms with Crippen molar-refractivity contribution in [2.24, 2.45) is 23.2 Å². The van der Waals surface area contributed by atoms with Crippen LogP contribution in [0.4, 0.5) is 0 Å². The van der Waals surface area contributed by atoms with Crippen molar-refractivity contribution in [1.29, 1.82) is 0 Å². The topological polar surface area (TPSA) is 26.3 Å². The van der Waals surface area contributed by atoms with Gasteiger partial charge < -0.3 is 4.74 Å². The molecule has 0 unspecified atom stereocenters. The van der Waals surface area contributed by atoms with Crippen LogP contribution in [-0.4, -0.2) is 12.6 Å². The Morgan fingerprint density at radius 2 is 1.65 bits per heavy atom. The standard InChI is InChI=1S/C21H26O2/c22-20(7-6-16-4-2-1-3-5-16)23-9-8-21-13-17-10-18(14-21)12-19(11-17)15-21/h1-7,17-19H,8-15H2/b7-6+. The molecule has 0 aromatic heterocycles. The van der Waals surface area contributed by atoms with Crippen LogP contribution >= 0.6 is 0 Å². The average Bonchev–Trinajstić information content (AvgIpc) is 2.52. The minimum absolute atomic E-state index is 0.210. The summed E-state index contributed by atoms with van der Waals surface area (Å²) in [6, 6.07) is 9.88. The maximum Gasteiger partial charge on any atom is 0.330 e. The minimum atomic E-state index is -0.210. The molecule has 2 nitrogen and oxygen atoms in total. The first-order chi connectivity index (χ1) is 11.2. The number of rotatable bonds is 5. The van der Waals surface area contributed by atoms with Crippen LogP contribution in [0.3, 0.4) is 0 Å². The average molecular weight is 310 g/mol. The molecule has 4 fully saturated rings. The number of hydrogen-bond acceptors (Lipinski definition) is 2. The number of esters is 1. The maximum atomic E-state index is 11.9. The van der Waals surface area contributed by atoms with Gasteiger partial charge in [-0.1, -0.05) is 30.3 Å². The lowest BCUT2D eigenvalue weighted by Gasteiger charge is -2.57. The van der Waals surface area contributed by atoms with Crippen LogP contribution in [0.2, 0.25) is 0 Å². The third-order valence-corrected chi connectivity index (χ3v) is 6.25. The Morgan fingerprint density at radius 1 is 1.04 bits per heavy atom. The summed E-state index contributed by atoms with van der Waals surface area (Å²) < 4.78 is 5.48. The predicted molar refractivity (Wildman–Crippen MR) is 91.7 cm³/mol. The highest BCUT2D eigenvalue weighted by Crippen LogP contribution is 2.61. The second kappa shape index (κ2) is 6.14. The minimum Gasteiger partial charge on any atom is -0.463 e. The first-order valence-electron chi connectivity index (χ1n) is 9.11. The predicted octanol–water partition coefficient (Wildman–Crippen LogP) is 4.85. The van der Waals surface area contributed by atoms with Crippen molar-refractivity contribution < 1.29 is 9.53 Å². The molecule has 0 saturated heterocycles. The quantitative estimate of drug-likeness (QED) is 0.574. The summed E-state index contributed by atoms with van der Waals surface area (Å²) in [4.78, 5) is 11.9. The van der Waals surface area contributed by atoms with Gasteiger partial charge in [0.15, 0.2) is 0 Å². The summed E-state index contributed by atoms with van der Waals surface area (Å²) in [5.41, 5.74) is 1.53. The SMILES string of the molecule is O=C(/C=C/c1ccccc1)OCCC12CC3CC(CC(C3)C1)C2. The van der Waals surface area contributed by atoms with Gasteiger partial charge in [0.05, 0.1) is 6.61 Å². The van der Waals surface area contributed by atoms with E-state index in [2.05, 4.69) is 0 Å². The zero-order chi connectivity index (χ0) is 15.7. The lowest BCUT2D eigenvalue weighted by atomic mass is 9.49. The molecule has 0 radical (unpaired) electrons. The van der Waals surface area contributed by atoms with Crippen LogP contribution in [0, 0.1) is 23.2 Å². The molecule has 0 atom stereocenters. The van der Waals surface area contributed by atoms with Gasteiger partial charge in [0, 0.05) is 6.08 Å². The summed E-state index contributed by atoms with van der Waals surface area (Å²) in [5, 5.41) is 0. The van der Waals surface area contributed by atoms with Crippen LogP contribution in [0.25, 0.3) is 6.08 Å². The van der Waals surface area contributed by atoms with Gasteiger partial charge in [-0.2, -0.15) is 0 Å². The van der Waals surface area contributed by atoms with E-state index in [4.69, 9.17) is 4.74 Å². The molecule has 4 aliphatic rings. The third kappa shape index (κ3) is 3.36. The van der Waals surface area contributed by atoms with Crippen LogP contribution in [0.15, 0.2) is 36.4 Å². The highest BCUT2D eigenvalue weighted by Gasteiger charge is 2.50. The second-order valence-electron chi connectivity index (χ2n) is 8.08. The summed E-state index contributed by atoms with van der Waals surface area (Å²) in [5.74, 6) is 2.69. The molecule has 0 amide bonds. The Balaban J connectivity index is 1.27. The van der Waals surface area contributed by atoms with Crippen molar-refractivity contribution in [2.45, 2.75) is 44.9 Å². The summed E-state index contributed by atoms with van der Waals surface area (Å²) in [6.07, 6.45) is 13.0. The molecule has 5 rings (SSSR count). The van der Waals surface area contributed by atoms with Gasteiger partial charge in [-0.25, -0.2) is 4.79 Å². The van der Waals surface area contributed by atoms with E-state index >= 15 is 0 Å². The van der Waals surface area contributed by atoms with E-state index in [1.54, 1.807) is 6.08 Å². The first-order valence-corrected chi connectivity index (χ1v) is 9.11. The molecule has 122 valence electrons. The number of hydrogen-bond donors (Lipinski definition) is 0. The molecule has 1 aromatic carbocycles. The Kier molecular flexibility index (Phi) is 4.00. The Morgan fingerprint density at radius 3 is 2.26 bits per heavy atom. The molecule has 0 aliphatic heterocycles. The molecule has 1 aromatic rings. The lowest BCUT2D eigenvalue weighted by molar-refractivity contribution is -0.140. The number of benzene rings is 1. The Bertz CT molecular complexity index is 552. The van der Waals surface area contributed by atoms with Gasteiger partial charge in [-0.15, -0.1) is 0 Å². The molecular formula is C21H26O2. The number of carbonyl (C=O) groups excluding carboxylic acids is 1. The van der Waals surface area contributed by atoms with E-state index in [-0.39, 0.29) is 5.97 Å². The van der Waals surface area contributed by atoms with Gasteiger partial charge in [0.1, 0.15) is 0 Å². The van der Waals surface area contributed by atoms with E-state index in [1.165, 1.54) is 38.5 Å². The number of carbonyl (C=O) groups is 1. The van der Waals surface area contributed by atoms with Gasteiger partial charge >= 0.3 is 5.97 Å². The maximum absolute atomic E-state index is 11.9. The van der Waals surface area contributed by atoms with Crippen LogP contribution in [0.1, 0.15) is 50.5 Å². The molecule has 0 spiro atoms. The zero-order valence-corrected chi connectivity index (χ0v) is 13.7. The van der Waals surface area contributed by atoms with Crippen LogP contribution in [0.5, 0.6) is 0 Å². The lowest BCUT2D eigenvalue weighted by Crippen LogP contribution is -2.46. The molecule has 2 heteroatoms. The van der Waals surface area contributed by atoms with Crippen LogP contribution in [-0.2, 0) is 9.53 Å². The summed E-state index contributed by atoms with van der Waals surface area (Å²) in [7, 11) is 0. The molecule has 4 aliphatic carbocycles. The van der Waals surface area contributed by atoms with E-state index in [9.17, 15) is 4.79 Å². The van der Waals surface area contributed by atoms with Gasteiger partial charge in [-0.05, 0) is 79.8 Å². The first kappa shape index (κ1) is 15.0. The van der Waals surface area contributed by atoms with Crippen molar-refractivity contribution in [1.82, 2.24) is 0 Å². The van der Waals surface area contributed by atoms with E-state index < -0.39 is 0 Å². The van der Waals surface area contributed by atoms with Crippen molar-refractivity contribution in [2.75, 3.05) is 6.61 Å². The normalized spacial score (nSPS) is 34.9. The van der Waals surface area contributed by atoms with Crippen molar-refractivity contribution in [3.8, 4) is 0 Å². The summed E-state index contributed by atoms with van der Waals surface area (Å²) >= 11 is 0. The highest BCUT2D eigenvalue weighted by molar-refractivity contribution is 5.86. The Hall–Kier alpha value is -1.57. The summed E-state index contributed by atoms with van der Waals surface area (Å²) in [6.45, 7) is 0.587. The zero-order valence-electron chi connectivity index (χ0n) is 13.7. The van der Waals surface area contributed by atoms with E-state index in [0.717, 1.165) is 29.7 Å².